The van der Waals surface area contributed by atoms with E-state index in [1.54, 1.807) is 31.0 Å². The van der Waals surface area contributed by atoms with Crippen LogP contribution in [0.25, 0.3) is 0 Å². The van der Waals surface area contributed by atoms with Gasteiger partial charge in [-0.3, -0.25) is 9.89 Å². The van der Waals surface area contributed by atoms with Gasteiger partial charge in [0.25, 0.3) is 5.91 Å². The van der Waals surface area contributed by atoms with E-state index in [1.165, 1.54) is 12.1 Å². The number of carbonyl (C=O) groups excluding carboxylic acids is 1. The van der Waals surface area contributed by atoms with Crippen LogP contribution in [-0.4, -0.2) is 39.1 Å². The number of aromatic carboxylic acids is 1. The number of carboxylic acid groups (broad SMARTS) is 1. The van der Waals surface area contributed by atoms with E-state index in [0.717, 1.165) is 11.3 Å². The molecule has 0 aliphatic rings. The van der Waals surface area contributed by atoms with E-state index >= 15 is 0 Å². The Hall–Kier alpha value is -2.63. The van der Waals surface area contributed by atoms with Gasteiger partial charge in [-0.25, -0.2) is 4.79 Å². The van der Waals surface area contributed by atoms with Crippen LogP contribution >= 0.6 is 0 Å². The Balaban J connectivity index is 2.12. The van der Waals surface area contributed by atoms with E-state index in [0.29, 0.717) is 17.8 Å². The lowest BCUT2D eigenvalue weighted by atomic mass is 10.1. The number of benzene rings is 1. The third-order valence-corrected chi connectivity index (χ3v) is 3.31. The molecule has 6 heteroatoms. The number of amides is 1. The molecule has 21 heavy (non-hydrogen) atoms. The first-order chi connectivity index (χ1) is 9.90. The third kappa shape index (κ3) is 3.10. The lowest BCUT2D eigenvalue weighted by Gasteiger charge is -2.17. The Kier molecular flexibility index (Phi) is 4.07. The number of carbonyl (C=O) groups is 2. The molecule has 0 atom stereocenters. The maximum Gasteiger partial charge on any atom is 0.335 e. The Morgan fingerprint density at radius 2 is 1.86 bits per heavy atom. The van der Waals surface area contributed by atoms with E-state index in [9.17, 15) is 9.59 Å². The second-order valence-corrected chi connectivity index (χ2v) is 4.97. The lowest BCUT2D eigenvalue weighted by Crippen LogP contribution is -2.27. The van der Waals surface area contributed by atoms with Crippen molar-refractivity contribution in [3.63, 3.8) is 0 Å². The summed E-state index contributed by atoms with van der Waals surface area (Å²) in [6.45, 7) is 4.00. The molecule has 1 amide bonds. The van der Waals surface area contributed by atoms with Crippen molar-refractivity contribution >= 4 is 11.9 Å². The van der Waals surface area contributed by atoms with Crippen LogP contribution in [0.3, 0.4) is 0 Å². The Morgan fingerprint density at radius 3 is 2.33 bits per heavy atom. The fourth-order valence-electron chi connectivity index (χ4n) is 2.16. The first-order valence-corrected chi connectivity index (χ1v) is 6.49. The first-order valence-electron chi connectivity index (χ1n) is 6.49. The van der Waals surface area contributed by atoms with Gasteiger partial charge in [0.15, 0.2) is 0 Å². The van der Waals surface area contributed by atoms with Gasteiger partial charge in [0, 0.05) is 19.3 Å². The van der Waals surface area contributed by atoms with Crippen molar-refractivity contribution in [3.05, 3.63) is 52.3 Å². The zero-order valence-electron chi connectivity index (χ0n) is 12.2. The number of nitrogens with one attached hydrogen (secondary N) is 1. The zero-order chi connectivity index (χ0) is 15.6. The highest BCUT2D eigenvalue weighted by atomic mass is 16.4. The van der Waals surface area contributed by atoms with Gasteiger partial charge in [0.05, 0.1) is 16.8 Å². The molecule has 1 aromatic carbocycles. The van der Waals surface area contributed by atoms with Gasteiger partial charge in [-0.2, -0.15) is 5.10 Å². The molecule has 0 fully saturated rings. The van der Waals surface area contributed by atoms with Crippen molar-refractivity contribution < 1.29 is 14.7 Å². The van der Waals surface area contributed by atoms with Crippen molar-refractivity contribution in [1.29, 1.82) is 0 Å². The molecule has 110 valence electrons. The zero-order valence-corrected chi connectivity index (χ0v) is 12.2. The van der Waals surface area contributed by atoms with E-state index in [1.807, 2.05) is 6.92 Å². The third-order valence-electron chi connectivity index (χ3n) is 3.31. The van der Waals surface area contributed by atoms with Crippen LogP contribution in [0.15, 0.2) is 24.3 Å². The molecule has 0 spiro atoms. The molecule has 0 saturated carbocycles. The van der Waals surface area contributed by atoms with Crippen molar-refractivity contribution in [2.24, 2.45) is 0 Å². The van der Waals surface area contributed by atoms with Gasteiger partial charge in [-0.1, -0.05) is 12.1 Å². The van der Waals surface area contributed by atoms with Crippen LogP contribution in [0, 0.1) is 13.8 Å². The molecule has 0 aliphatic heterocycles. The number of H-pyrrole nitrogens is 1. The smallest absolute Gasteiger partial charge is 0.335 e. The minimum atomic E-state index is -0.962. The van der Waals surface area contributed by atoms with Crippen molar-refractivity contribution in [3.8, 4) is 0 Å². The number of hydrogen-bond donors (Lipinski definition) is 2. The number of nitrogens with zero attached hydrogens (tertiary/aromatic N) is 2. The maximum atomic E-state index is 12.4. The molecule has 2 N–H and O–H groups in total. The maximum absolute atomic E-state index is 12.4. The van der Waals surface area contributed by atoms with Crippen molar-refractivity contribution in [1.82, 2.24) is 15.1 Å². The van der Waals surface area contributed by atoms with Crippen LogP contribution in [0.4, 0.5) is 0 Å². The molecule has 0 unspecified atom stereocenters. The Labute approximate surface area is 122 Å². The average Bonchev–Trinajstić information content (AvgIpc) is 2.78. The van der Waals surface area contributed by atoms with Gasteiger partial charge < -0.3 is 10.0 Å². The number of carboxylic acids is 1. The van der Waals surface area contributed by atoms with E-state index < -0.39 is 5.97 Å². The second kappa shape index (κ2) is 5.78. The van der Waals surface area contributed by atoms with Gasteiger partial charge in [0.1, 0.15) is 0 Å². The minimum Gasteiger partial charge on any atom is -0.478 e. The van der Waals surface area contributed by atoms with Crippen LogP contribution in [0.5, 0.6) is 0 Å². The van der Waals surface area contributed by atoms with Gasteiger partial charge in [0.2, 0.25) is 0 Å². The summed E-state index contributed by atoms with van der Waals surface area (Å²) in [6.07, 6.45) is 0. The monoisotopic (exact) mass is 287 g/mol. The molecule has 0 saturated heterocycles. The molecule has 0 bridgehead atoms. The molecule has 2 aromatic rings. The van der Waals surface area contributed by atoms with E-state index in [4.69, 9.17) is 5.11 Å². The normalized spacial score (nSPS) is 10.4. The fraction of sp³-hybridized carbons (Fsp3) is 0.267. The van der Waals surface area contributed by atoms with Crippen LogP contribution in [-0.2, 0) is 6.54 Å². The summed E-state index contributed by atoms with van der Waals surface area (Å²) < 4.78 is 0. The standard InChI is InChI=1S/C15H17N3O3/c1-9-13(10(2)17-16-9)14(19)18(3)8-11-4-6-12(7-5-11)15(20)21/h4-7H,8H2,1-3H3,(H,16,17)(H,20,21). The first kappa shape index (κ1) is 14.8. The van der Waals surface area contributed by atoms with Gasteiger partial charge in [-0.15, -0.1) is 0 Å². The van der Waals surface area contributed by atoms with Gasteiger partial charge in [-0.05, 0) is 31.5 Å². The predicted molar refractivity (Wildman–Crippen MR) is 77.3 cm³/mol. The Morgan fingerprint density at radius 1 is 1.24 bits per heavy atom. The summed E-state index contributed by atoms with van der Waals surface area (Å²) >= 11 is 0. The number of rotatable bonds is 4. The molecular formula is C15H17N3O3. The van der Waals surface area contributed by atoms with Crippen LogP contribution < -0.4 is 0 Å². The summed E-state index contributed by atoms with van der Waals surface area (Å²) in [5, 5.41) is 15.7. The summed E-state index contributed by atoms with van der Waals surface area (Å²) in [6, 6.07) is 6.49. The van der Waals surface area contributed by atoms with Gasteiger partial charge >= 0.3 is 5.97 Å². The number of aromatic amines is 1. The van der Waals surface area contributed by atoms with E-state index in [2.05, 4.69) is 10.2 Å². The summed E-state index contributed by atoms with van der Waals surface area (Å²) in [5.74, 6) is -1.07. The largest absolute Gasteiger partial charge is 0.478 e. The molecule has 0 aliphatic carbocycles. The number of hydrogen-bond acceptors (Lipinski definition) is 3. The second-order valence-electron chi connectivity index (χ2n) is 4.97. The Bertz CT molecular complexity index is 654. The summed E-state index contributed by atoms with van der Waals surface area (Å²) in [4.78, 5) is 24.8. The van der Waals surface area contributed by atoms with Crippen LogP contribution in [0.1, 0.15) is 37.7 Å². The summed E-state index contributed by atoms with van der Waals surface area (Å²) in [5.41, 5.74) is 3.10. The highest BCUT2D eigenvalue weighted by Crippen LogP contribution is 2.14. The highest BCUT2D eigenvalue weighted by molar-refractivity contribution is 5.96. The molecule has 6 nitrogen and oxygen atoms in total. The molecule has 1 heterocycles. The number of aryl methyl sites for hydroxylation is 2. The quantitative estimate of drug-likeness (QED) is 0.900. The molecule has 0 radical (unpaired) electrons. The van der Waals surface area contributed by atoms with Crippen molar-refractivity contribution in [2.75, 3.05) is 7.05 Å². The SMILES string of the molecule is Cc1n[nH]c(C)c1C(=O)N(C)Cc1ccc(C(=O)O)cc1. The minimum absolute atomic E-state index is 0.110. The topological polar surface area (TPSA) is 86.3 Å². The summed E-state index contributed by atoms with van der Waals surface area (Å²) in [7, 11) is 1.71. The highest BCUT2D eigenvalue weighted by Gasteiger charge is 2.19. The molecule has 2 rings (SSSR count). The predicted octanol–water partition coefficient (Wildman–Crippen LogP) is 2.00. The lowest BCUT2D eigenvalue weighted by molar-refractivity contribution is 0.0695. The van der Waals surface area contributed by atoms with E-state index in [-0.39, 0.29) is 11.5 Å². The van der Waals surface area contributed by atoms with Crippen molar-refractivity contribution in [2.45, 2.75) is 20.4 Å². The van der Waals surface area contributed by atoms with Crippen LogP contribution in [0.2, 0.25) is 0 Å². The molecule has 1 aromatic heterocycles. The molecular weight excluding hydrogens is 270 g/mol. The average molecular weight is 287 g/mol. The fourth-order valence-corrected chi connectivity index (χ4v) is 2.16. The number of aromatic nitrogens is 2.